The smallest absolute Gasteiger partial charge is 0.337 e. The van der Waals surface area contributed by atoms with Crippen molar-refractivity contribution in [3.63, 3.8) is 0 Å². The third-order valence-electron chi connectivity index (χ3n) is 2.72. The predicted octanol–water partition coefficient (Wildman–Crippen LogP) is 3.46. The summed E-state index contributed by atoms with van der Waals surface area (Å²) in [5, 5.41) is 12.1. The van der Waals surface area contributed by atoms with Gasteiger partial charge in [-0.05, 0) is 42.8 Å². The van der Waals surface area contributed by atoms with Crippen LogP contribution >= 0.6 is 15.9 Å². The van der Waals surface area contributed by atoms with E-state index in [1.54, 1.807) is 12.1 Å². The normalized spacial score (nSPS) is 10.2. The highest BCUT2D eigenvalue weighted by Crippen LogP contribution is 2.20. The summed E-state index contributed by atoms with van der Waals surface area (Å²) in [7, 11) is 0. The van der Waals surface area contributed by atoms with E-state index in [-0.39, 0.29) is 5.56 Å². The van der Waals surface area contributed by atoms with Gasteiger partial charge in [-0.3, -0.25) is 4.98 Å². The van der Waals surface area contributed by atoms with Gasteiger partial charge in [0, 0.05) is 16.4 Å². The Kier molecular flexibility index (Phi) is 4.16. The highest BCUT2D eigenvalue weighted by atomic mass is 79.9. The second-order valence-corrected chi connectivity index (χ2v) is 5.07. The number of anilines is 1. The molecule has 2 aromatic rings. The van der Waals surface area contributed by atoms with E-state index in [1.807, 2.05) is 25.1 Å². The van der Waals surface area contributed by atoms with Gasteiger partial charge in [-0.15, -0.1) is 0 Å². The van der Waals surface area contributed by atoms with Crippen LogP contribution in [0.15, 0.2) is 41.0 Å². The molecular weight excluding hydrogens is 308 g/mol. The van der Waals surface area contributed by atoms with E-state index < -0.39 is 5.97 Å². The highest BCUT2D eigenvalue weighted by Gasteiger charge is 2.03. The summed E-state index contributed by atoms with van der Waals surface area (Å²) in [5.74, 6) is -0.962. The number of carboxylic acids is 1. The lowest BCUT2D eigenvalue weighted by atomic mass is 10.2. The molecule has 0 atom stereocenters. The first-order chi connectivity index (χ1) is 9.06. The quantitative estimate of drug-likeness (QED) is 0.905. The van der Waals surface area contributed by atoms with Crippen LogP contribution in [-0.2, 0) is 6.54 Å². The Labute approximate surface area is 119 Å². The molecule has 5 heteroatoms. The third-order valence-corrected chi connectivity index (χ3v) is 3.21. The van der Waals surface area contributed by atoms with Gasteiger partial charge in [0.2, 0.25) is 0 Å². The van der Waals surface area contributed by atoms with E-state index in [0.29, 0.717) is 6.54 Å². The molecular formula is C14H13BrN2O2. The molecule has 1 aromatic heterocycles. The van der Waals surface area contributed by atoms with Crippen molar-refractivity contribution in [2.75, 3.05) is 5.32 Å². The van der Waals surface area contributed by atoms with Crippen LogP contribution in [0.5, 0.6) is 0 Å². The number of hydrogen-bond acceptors (Lipinski definition) is 3. The summed E-state index contributed by atoms with van der Waals surface area (Å²) >= 11 is 3.42. The van der Waals surface area contributed by atoms with Crippen molar-refractivity contribution >= 4 is 27.6 Å². The molecule has 0 aliphatic carbocycles. The number of nitrogens with one attached hydrogen (secondary N) is 1. The van der Waals surface area contributed by atoms with Gasteiger partial charge >= 0.3 is 5.97 Å². The summed E-state index contributed by atoms with van der Waals surface area (Å²) in [6.45, 7) is 2.58. The first-order valence-electron chi connectivity index (χ1n) is 5.74. The molecule has 0 amide bonds. The molecule has 0 aliphatic rings. The lowest BCUT2D eigenvalue weighted by molar-refractivity contribution is 0.0696. The molecule has 0 saturated heterocycles. The summed E-state index contributed by atoms with van der Waals surface area (Å²) in [4.78, 5) is 14.8. The molecule has 19 heavy (non-hydrogen) atoms. The monoisotopic (exact) mass is 320 g/mol. The van der Waals surface area contributed by atoms with E-state index >= 15 is 0 Å². The van der Waals surface area contributed by atoms with Crippen molar-refractivity contribution in [3.8, 4) is 0 Å². The Morgan fingerprint density at radius 1 is 1.37 bits per heavy atom. The van der Waals surface area contributed by atoms with Gasteiger partial charge in [0.15, 0.2) is 0 Å². The predicted molar refractivity (Wildman–Crippen MR) is 77.4 cm³/mol. The number of carboxylic acid groups (broad SMARTS) is 1. The van der Waals surface area contributed by atoms with E-state index in [4.69, 9.17) is 5.11 Å². The number of nitrogens with zero attached hydrogens (tertiary/aromatic N) is 1. The van der Waals surface area contributed by atoms with Gasteiger partial charge in [0.05, 0.1) is 17.8 Å². The fraction of sp³-hybridized carbons (Fsp3) is 0.143. The van der Waals surface area contributed by atoms with Gasteiger partial charge in [0.1, 0.15) is 0 Å². The van der Waals surface area contributed by atoms with Crippen LogP contribution in [0.3, 0.4) is 0 Å². The van der Waals surface area contributed by atoms with Crippen molar-refractivity contribution in [2.45, 2.75) is 13.5 Å². The van der Waals surface area contributed by atoms with Gasteiger partial charge < -0.3 is 10.4 Å². The second-order valence-electron chi connectivity index (χ2n) is 4.16. The first kappa shape index (κ1) is 13.5. The summed E-state index contributed by atoms with van der Waals surface area (Å²) in [6.07, 6.45) is 1.37. The maximum absolute atomic E-state index is 10.7. The van der Waals surface area contributed by atoms with E-state index in [2.05, 4.69) is 26.2 Å². The lowest BCUT2D eigenvalue weighted by Crippen LogP contribution is -2.04. The van der Waals surface area contributed by atoms with Crippen LogP contribution in [0.2, 0.25) is 0 Å². The number of halogens is 1. The number of benzene rings is 1. The fourth-order valence-corrected chi connectivity index (χ4v) is 2.14. The zero-order chi connectivity index (χ0) is 13.8. The van der Waals surface area contributed by atoms with Crippen molar-refractivity contribution < 1.29 is 9.90 Å². The second kappa shape index (κ2) is 5.84. The number of rotatable bonds is 4. The van der Waals surface area contributed by atoms with Crippen LogP contribution in [0.1, 0.15) is 21.6 Å². The SMILES string of the molecule is Cc1cc(Br)ccc1NCc1ccc(C(=O)O)cn1. The lowest BCUT2D eigenvalue weighted by Gasteiger charge is -2.09. The molecule has 0 aliphatic heterocycles. The largest absolute Gasteiger partial charge is 0.478 e. The zero-order valence-corrected chi connectivity index (χ0v) is 11.9. The minimum atomic E-state index is -0.962. The Hall–Kier alpha value is -1.88. The molecule has 1 aromatic carbocycles. The molecule has 1 heterocycles. The molecule has 0 spiro atoms. The van der Waals surface area contributed by atoms with Crippen molar-refractivity contribution in [2.24, 2.45) is 0 Å². The van der Waals surface area contributed by atoms with Gasteiger partial charge in [-0.2, -0.15) is 0 Å². The first-order valence-corrected chi connectivity index (χ1v) is 6.54. The molecule has 0 saturated carbocycles. The molecule has 0 bridgehead atoms. The standard InChI is InChI=1S/C14H13BrN2O2/c1-9-6-11(15)3-5-13(9)17-8-12-4-2-10(7-16-12)14(18)19/h2-7,17H,8H2,1H3,(H,18,19). The summed E-state index contributed by atoms with van der Waals surface area (Å²) < 4.78 is 1.04. The maximum atomic E-state index is 10.7. The average Bonchev–Trinajstić information content (AvgIpc) is 2.38. The Morgan fingerprint density at radius 2 is 2.16 bits per heavy atom. The number of carbonyl (C=O) groups is 1. The minimum absolute atomic E-state index is 0.198. The van der Waals surface area contributed by atoms with Crippen molar-refractivity contribution in [3.05, 3.63) is 57.8 Å². The van der Waals surface area contributed by atoms with Gasteiger partial charge in [-0.25, -0.2) is 4.79 Å². The molecule has 0 radical (unpaired) electrons. The molecule has 2 N–H and O–H groups in total. The topological polar surface area (TPSA) is 62.2 Å². The van der Waals surface area contributed by atoms with Crippen molar-refractivity contribution in [1.29, 1.82) is 0 Å². The Bertz CT molecular complexity index is 597. The highest BCUT2D eigenvalue weighted by molar-refractivity contribution is 9.10. The number of aromatic carboxylic acids is 1. The van der Waals surface area contributed by atoms with Crippen LogP contribution in [-0.4, -0.2) is 16.1 Å². The number of aromatic nitrogens is 1. The molecule has 0 unspecified atom stereocenters. The number of hydrogen-bond donors (Lipinski definition) is 2. The Morgan fingerprint density at radius 3 is 2.74 bits per heavy atom. The zero-order valence-electron chi connectivity index (χ0n) is 10.4. The van der Waals surface area contributed by atoms with Crippen LogP contribution in [0.25, 0.3) is 0 Å². The van der Waals surface area contributed by atoms with Gasteiger partial charge in [0.25, 0.3) is 0 Å². The Balaban J connectivity index is 2.04. The molecule has 2 rings (SSSR count). The average molecular weight is 321 g/mol. The minimum Gasteiger partial charge on any atom is -0.478 e. The third kappa shape index (κ3) is 3.54. The molecule has 98 valence electrons. The van der Waals surface area contributed by atoms with E-state index in [9.17, 15) is 4.79 Å². The number of aryl methyl sites for hydroxylation is 1. The number of pyridine rings is 1. The summed E-state index contributed by atoms with van der Waals surface area (Å²) in [5.41, 5.74) is 3.17. The van der Waals surface area contributed by atoms with Crippen LogP contribution in [0.4, 0.5) is 5.69 Å². The van der Waals surface area contributed by atoms with Crippen molar-refractivity contribution in [1.82, 2.24) is 4.98 Å². The maximum Gasteiger partial charge on any atom is 0.337 e. The van der Waals surface area contributed by atoms with Gasteiger partial charge in [-0.1, -0.05) is 15.9 Å². The van der Waals surface area contributed by atoms with Crippen LogP contribution < -0.4 is 5.32 Å². The van der Waals surface area contributed by atoms with Crippen LogP contribution in [0, 0.1) is 6.92 Å². The van der Waals surface area contributed by atoms with E-state index in [0.717, 1.165) is 21.4 Å². The summed E-state index contributed by atoms with van der Waals surface area (Å²) in [6, 6.07) is 9.26. The molecule has 0 fully saturated rings. The molecule has 4 nitrogen and oxygen atoms in total. The van der Waals surface area contributed by atoms with E-state index in [1.165, 1.54) is 6.20 Å². The fourth-order valence-electron chi connectivity index (χ4n) is 1.67.